The zero-order chi connectivity index (χ0) is 46.4. The van der Waals surface area contributed by atoms with E-state index in [4.69, 9.17) is 24.5 Å². The Bertz CT molecular complexity index is 2490. The number of nitrogens with one attached hydrogen (secondary N) is 1. The zero-order valence-electron chi connectivity index (χ0n) is 40.1. The van der Waals surface area contributed by atoms with Gasteiger partial charge in [0.2, 0.25) is 0 Å². The normalized spacial score (nSPS) is 22.1. The quantitative estimate of drug-likeness (QED) is 0.111. The molecule has 0 radical (unpaired) electrons. The van der Waals surface area contributed by atoms with Crippen LogP contribution >= 0.6 is 0 Å². The van der Waals surface area contributed by atoms with Crippen LogP contribution in [-0.2, 0) is 19.1 Å². The first-order chi connectivity index (χ1) is 30.6. The lowest BCUT2D eigenvalue weighted by Crippen LogP contribution is -2.25. The van der Waals surface area contributed by atoms with Gasteiger partial charge in [-0.3, -0.25) is 9.59 Å². The monoisotopic (exact) mass is 865 g/mol. The number of carbonyl (C=O) groups is 2. The van der Waals surface area contributed by atoms with Crippen molar-refractivity contribution in [2.75, 3.05) is 13.7 Å². The fraction of sp³-hybridized carbons (Fsp3) is 0.436. The maximum absolute atomic E-state index is 13.6. The number of methoxy groups -OCH3 is 1. The van der Waals surface area contributed by atoms with Crippen LogP contribution in [0.1, 0.15) is 127 Å². The summed E-state index contributed by atoms with van der Waals surface area (Å²) >= 11 is 0. The fourth-order valence-corrected chi connectivity index (χ4v) is 9.38. The van der Waals surface area contributed by atoms with E-state index in [0.29, 0.717) is 29.0 Å². The molecule has 1 saturated heterocycles. The number of fused-ring (bicyclic) bond motifs is 5. The van der Waals surface area contributed by atoms with Crippen molar-refractivity contribution in [3.05, 3.63) is 151 Å². The summed E-state index contributed by atoms with van der Waals surface area (Å²) in [6, 6.07) is 0. The Morgan fingerprint density at radius 1 is 0.812 bits per heavy atom. The van der Waals surface area contributed by atoms with Crippen molar-refractivity contribution < 1.29 is 24.2 Å². The summed E-state index contributed by atoms with van der Waals surface area (Å²) in [5.41, 5.74) is 17.4. The van der Waals surface area contributed by atoms with Crippen LogP contribution in [0.5, 0.6) is 0 Å². The fourth-order valence-electron chi connectivity index (χ4n) is 9.38. The van der Waals surface area contributed by atoms with E-state index in [1.54, 1.807) is 0 Å². The summed E-state index contributed by atoms with van der Waals surface area (Å²) in [5, 5.41) is 15.6. The van der Waals surface area contributed by atoms with Crippen LogP contribution in [0.2, 0.25) is 0 Å². The summed E-state index contributed by atoms with van der Waals surface area (Å²) in [6.07, 6.45) is 24.4. The molecule has 0 aromatic carbocycles. The van der Waals surface area contributed by atoms with Crippen molar-refractivity contribution in [1.29, 1.82) is 0 Å². The predicted molar refractivity (Wildman–Crippen MR) is 262 cm³/mol. The first-order valence-corrected chi connectivity index (χ1v) is 23.0. The maximum Gasteiger partial charge on any atom is 0.321 e. The molecule has 3 atom stereocenters. The van der Waals surface area contributed by atoms with Gasteiger partial charge >= 0.3 is 11.9 Å². The number of aliphatic hydroxyl groups excluding tert-OH is 1. The Kier molecular flexibility index (Phi) is 15.5. The summed E-state index contributed by atoms with van der Waals surface area (Å²) < 4.78 is 11.1. The number of aliphatic hydroxyl groups is 1. The standard InChI is InChI=1S/C55H68N4O5/c1-13-39-35(8)42-28-44-37(10)41(24-25-48(60)64-27-26-34(7)23-17-22-33(6)21-16-20-32(5)19-15-18-31(3)4)52(58-44)50-51(55(62)63-12)54(61)49-38(11)45(59-53(49)50)30-47-40(14-2)36(9)43(57-47)29-46(39)56-42/h13,18,20,22,26,28-30,37,41,51,58,61H,1,14-17,19,21,23-25,27H2,2-12H3/b32-20+,33-22+,34-26+,44-28?,46-29?,47-30?,52-50?/t37-,41-,51-/m0/s1. The Morgan fingerprint density at radius 2 is 1.44 bits per heavy atom. The van der Waals surface area contributed by atoms with Crippen LogP contribution in [-0.4, -0.2) is 47.9 Å². The molecule has 0 aromatic rings. The third-order valence-corrected chi connectivity index (χ3v) is 13.4. The highest BCUT2D eigenvalue weighted by molar-refractivity contribution is 6.24. The number of hydrogen-bond acceptors (Lipinski definition) is 9. The third kappa shape index (κ3) is 10.2. The number of aliphatic imine (C=N–C) groups is 3. The van der Waals surface area contributed by atoms with Gasteiger partial charge in [-0.05, 0) is 153 Å². The number of nitrogens with zero attached hydrogens (tertiary/aromatic N) is 3. The molecule has 0 saturated carbocycles. The van der Waals surface area contributed by atoms with Crippen LogP contribution in [0.4, 0.5) is 0 Å². The molecule has 9 nitrogen and oxygen atoms in total. The SMILES string of the molecule is C=CC1=C(C)C2=NC1=CC1=NC(=CC3=C(C)C4=C(O)[C@@H](C(=O)OC)C(=C5NC(=C2)[C@@H](C)[C@@H]5CCC(=O)OC/C=C(\C)CC/C=C(\C)CC/C=C(\C)CCC=C(C)C)C4=N3)C(CC)=C1C. The lowest BCUT2D eigenvalue weighted by Gasteiger charge is -2.20. The number of rotatable bonds is 17. The topological polar surface area (TPSA) is 122 Å². The van der Waals surface area contributed by atoms with E-state index in [2.05, 4.69) is 91.6 Å². The minimum Gasteiger partial charge on any atom is -0.510 e. The molecule has 2 N–H and O–H groups in total. The Hall–Kier alpha value is -5.83. The largest absolute Gasteiger partial charge is 0.510 e. The molecule has 1 fully saturated rings. The third-order valence-electron chi connectivity index (χ3n) is 13.4. The van der Waals surface area contributed by atoms with E-state index in [1.807, 2.05) is 38.2 Å². The van der Waals surface area contributed by atoms with Crippen molar-refractivity contribution in [3.63, 3.8) is 0 Å². The van der Waals surface area contributed by atoms with Gasteiger partial charge in [-0.1, -0.05) is 67.0 Å². The van der Waals surface area contributed by atoms with Crippen LogP contribution < -0.4 is 5.32 Å². The van der Waals surface area contributed by atoms with E-state index in [0.717, 1.165) is 107 Å². The molecule has 0 spiro atoms. The molecule has 0 amide bonds. The number of hydrogen-bond donors (Lipinski definition) is 2. The summed E-state index contributed by atoms with van der Waals surface area (Å²) in [5.74, 6) is -2.42. The molecule has 5 aliphatic heterocycles. The second kappa shape index (κ2) is 20.8. The number of allylic oxidation sites excluding steroid dienone is 18. The van der Waals surface area contributed by atoms with Gasteiger partial charge in [0.05, 0.1) is 41.3 Å². The predicted octanol–water partition coefficient (Wildman–Crippen LogP) is 12.7. The Morgan fingerprint density at radius 3 is 2.06 bits per heavy atom. The van der Waals surface area contributed by atoms with E-state index < -0.39 is 11.9 Å². The highest BCUT2D eigenvalue weighted by Crippen LogP contribution is 2.49. The first kappa shape index (κ1) is 47.6. The van der Waals surface area contributed by atoms with Crippen molar-refractivity contribution in [2.24, 2.45) is 32.7 Å². The minimum atomic E-state index is -1.09. The molecule has 1 aliphatic carbocycles. The van der Waals surface area contributed by atoms with E-state index in [1.165, 1.54) is 29.4 Å². The lowest BCUT2D eigenvalue weighted by molar-refractivity contribution is -0.144. The van der Waals surface area contributed by atoms with Gasteiger partial charge in [0, 0.05) is 46.4 Å². The van der Waals surface area contributed by atoms with Gasteiger partial charge in [-0.15, -0.1) is 0 Å². The molecule has 8 bridgehead atoms. The van der Waals surface area contributed by atoms with E-state index >= 15 is 0 Å². The average Bonchev–Trinajstić information content (AvgIpc) is 3.99. The smallest absolute Gasteiger partial charge is 0.321 e. The maximum atomic E-state index is 13.6. The Balaban J connectivity index is 1.23. The molecule has 0 aromatic heterocycles. The van der Waals surface area contributed by atoms with Gasteiger partial charge in [-0.25, -0.2) is 15.0 Å². The highest BCUT2D eigenvalue weighted by Gasteiger charge is 2.49. The summed E-state index contributed by atoms with van der Waals surface area (Å²) in [6.45, 7) is 25.4. The van der Waals surface area contributed by atoms with Crippen LogP contribution in [0.25, 0.3) is 0 Å². The van der Waals surface area contributed by atoms with E-state index in [9.17, 15) is 14.7 Å². The van der Waals surface area contributed by atoms with Gasteiger partial charge in [0.1, 0.15) is 18.3 Å². The van der Waals surface area contributed by atoms with Gasteiger partial charge < -0.3 is 19.9 Å². The van der Waals surface area contributed by atoms with E-state index in [-0.39, 0.29) is 36.6 Å². The minimum absolute atomic E-state index is 0.0911. The van der Waals surface area contributed by atoms with Gasteiger partial charge in [0.15, 0.2) is 0 Å². The van der Waals surface area contributed by atoms with Crippen molar-refractivity contribution >= 4 is 29.1 Å². The molecule has 5 heterocycles. The molecule has 0 unspecified atom stereocenters. The molecule has 338 valence electrons. The first-order valence-electron chi connectivity index (χ1n) is 23.0. The number of ether oxygens (including phenoxy) is 2. The molecule has 6 aliphatic rings. The van der Waals surface area contributed by atoms with Crippen molar-refractivity contribution in [2.45, 2.75) is 127 Å². The summed E-state index contributed by atoms with van der Waals surface area (Å²) in [7, 11) is 1.33. The average molecular weight is 865 g/mol. The number of esters is 2. The highest BCUT2D eigenvalue weighted by atomic mass is 16.5. The summed E-state index contributed by atoms with van der Waals surface area (Å²) in [4.78, 5) is 42.4. The van der Waals surface area contributed by atoms with Crippen molar-refractivity contribution in [1.82, 2.24) is 5.32 Å². The van der Waals surface area contributed by atoms with Gasteiger partial charge in [0.25, 0.3) is 0 Å². The Labute approximate surface area is 381 Å². The zero-order valence-corrected chi connectivity index (χ0v) is 40.1. The second-order valence-corrected chi connectivity index (χ2v) is 18.2. The lowest BCUT2D eigenvalue weighted by atomic mass is 9.84. The number of carbonyl (C=O) groups excluding carboxylic acids is 2. The molecule has 6 rings (SSSR count). The molecule has 9 heteroatoms. The van der Waals surface area contributed by atoms with Crippen LogP contribution in [0.15, 0.2) is 166 Å². The molecular weight excluding hydrogens is 797 g/mol. The van der Waals surface area contributed by atoms with Crippen LogP contribution in [0.3, 0.4) is 0 Å². The van der Waals surface area contributed by atoms with Crippen LogP contribution in [0, 0.1) is 17.8 Å². The van der Waals surface area contributed by atoms with Gasteiger partial charge in [-0.2, -0.15) is 0 Å². The molecular formula is C55H68N4O5. The van der Waals surface area contributed by atoms with Crippen molar-refractivity contribution in [3.8, 4) is 0 Å². The second-order valence-electron chi connectivity index (χ2n) is 18.2. The molecule has 64 heavy (non-hydrogen) atoms.